The predicted octanol–water partition coefficient (Wildman–Crippen LogP) is -1.19. The first-order valence-electron chi connectivity index (χ1n) is 5.95. The van der Waals surface area contributed by atoms with Crippen LogP contribution in [0.15, 0.2) is 34.9 Å². The van der Waals surface area contributed by atoms with E-state index in [-0.39, 0.29) is 12.6 Å². The second-order valence-electron chi connectivity index (χ2n) is 4.06. The fourth-order valence-corrected chi connectivity index (χ4v) is 2.27. The SMILES string of the molecule is N[s+]1cnc(C(=NOCn2nnc3ccccc32)C(=O)[O-])n1. The number of rotatable bonds is 5. The van der Waals surface area contributed by atoms with E-state index in [1.165, 1.54) is 10.2 Å². The van der Waals surface area contributed by atoms with E-state index in [4.69, 9.17) is 9.98 Å². The lowest BCUT2D eigenvalue weighted by Crippen LogP contribution is -2.33. The Labute approximate surface area is 126 Å². The van der Waals surface area contributed by atoms with Gasteiger partial charge in [0.05, 0.1) is 11.5 Å². The van der Waals surface area contributed by atoms with E-state index in [1.807, 2.05) is 12.1 Å². The zero-order valence-electron chi connectivity index (χ0n) is 11.0. The van der Waals surface area contributed by atoms with Crippen molar-refractivity contribution < 1.29 is 14.7 Å². The summed E-state index contributed by atoms with van der Waals surface area (Å²) in [5.74, 6) is -1.69. The molecule has 10 nitrogen and oxygen atoms in total. The Balaban J connectivity index is 1.78. The van der Waals surface area contributed by atoms with Gasteiger partial charge in [-0.2, -0.15) is 4.98 Å². The number of aliphatic carboxylic acids is 1. The van der Waals surface area contributed by atoms with E-state index in [0.29, 0.717) is 5.52 Å². The third kappa shape index (κ3) is 2.75. The molecule has 2 aromatic heterocycles. The summed E-state index contributed by atoms with van der Waals surface area (Å²) in [4.78, 5) is 19.8. The number of nitrogens with two attached hydrogens (primary N) is 1. The van der Waals surface area contributed by atoms with Crippen LogP contribution in [0.3, 0.4) is 0 Å². The molecule has 0 aliphatic heterocycles. The van der Waals surface area contributed by atoms with Crippen LogP contribution in [0.1, 0.15) is 5.82 Å². The number of fused-ring (bicyclic) bond motifs is 1. The number of hydrogen-bond acceptors (Lipinski definition) is 9. The quantitative estimate of drug-likeness (QED) is 0.351. The first-order valence-corrected chi connectivity index (χ1v) is 7.26. The molecule has 3 aromatic rings. The van der Waals surface area contributed by atoms with Crippen molar-refractivity contribution in [2.45, 2.75) is 6.73 Å². The summed E-state index contributed by atoms with van der Waals surface area (Å²) in [7, 11) is -0.952. The van der Waals surface area contributed by atoms with Gasteiger partial charge in [0.1, 0.15) is 5.52 Å². The maximum atomic E-state index is 11.0. The number of carbonyl (C=O) groups excluding carboxylic acids is 1. The normalized spacial score (nSPS) is 12.6. The molecular weight excluding hydrogens is 310 g/mol. The second kappa shape index (κ2) is 5.83. The Morgan fingerprint density at radius 3 is 3.00 bits per heavy atom. The molecule has 0 radical (unpaired) electrons. The molecular formula is C11H9N7O3S. The zero-order chi connectivity index (χ0) is 15.5. The van der Waals surface area contributed by atoms with Gasteiger partial charge in [0, 0.05) is 4.37 Å². The van der Waals surface area contributed by atoms with Crippen molar-refractivity contribution >= 4 is 33.6 Å². The Morgan fingerprint density at radius 1 is 1.45 bits per heavy atom. The molecule has 0 saturated heterocycles. The average molecular weight is 319 g/mol. The highest BCUT2D eigenvalue weighted by molar-refractivity contribution is 7.24. The minimum atomic E-state index is -1.56. The number of nitrogens with zero attached hydrogens (tertiary/aromatic N) is 6. The third-order valence-corrected chi connectivity index (χ3v) is 3.34. The first-order chi connectivity index (χ1) is 10.6. The van der Waals surface area contributed by atoms with Gasteiger partial charge in [-0.05, 0) is 12.1 Å². The average Bonchev–Trinajstić information content (AvgIpc) is 3.10. The number of carboxylic acids is 1. The first kappa shape index (κ1) is 14.0. The minimum Gasteiger partial charge on any atom is -0.543 e. The van der Waals surface area contributed by atoms with Crippen LogP contribution in [0.5, 0.6) is 0 Å². The molecule has 0 spiro atoms. The van der Waals surface area contributed by atoms with Gasteiger partial charge in [-0.3, -0.25) is 0 Å². The Morgan fingerprint density at radius 2 is 2.27 bits per heavy atom. The summed E-state index contributed by atoms with van der Waals surface area (Å²) in [6.07, 6.45) is 0. The van der Waals surface area contributed by atoms with Crippen LogP contribution in [-0.4, -0.2) is 36.0 Å². The van der Waals surface area contributed by atoms with E-state index < -0.39 is 22.5 Å². The number of nitrogen functional groups attached to an aromatic ring is 1. The lowest BCUT2D eigenvalue weighted by atomic mass is 10.3. The van der Waals surface area contributed by atoms with Gasteiger partial charge in [0.25, 0.3) is 5.51 Å². The van der Waals surface area contributed by atoms with Crippen LogP contribution in [-0.2, 0) is 16.4 Å². The van der Waals surface area contributed by atoms with Crippen molar-refractivity contribution in [2.24, 2.45) is 5.16 Å². The summed E-state index contributed by atoms with van der Waals surface area (Å²) in [5.41, 5.74) is 2.21. The van der Waals surface area contributed by atoms with Crippen molar-refractivity contribution in [1.82, 2.24) is 24.4 Å². The monoisotopic (exact) mass is 319 g/mol. The standard InChI is InChI=1S/C11H9N7O3S/c12-22-5-13-10(16-22)9(11(19)20)15-21-6-18-8-4-2-1-3-7(8)14-17-18/h1-5,12H,6H2,(H,19,20). The number of aromatic nitrogens is 5. The topological polar surface area (TPSA) is 144 Å². The molecule has 1 atom stereocenters. The molecule has 11 heteroatoms. The molecule has 22 heavy (non-hydrogen) atoms. The van der Waals surface area contributed by atoms with Crippen LogP contribution < -0.4 is 10.2 Å². The fraction of sp³-hybridized carbons (Fsp3) is 0.0909. The van der Waals surface area contributed by atoms with E-state index in [0.717, 1.165) is 5.52 Å². The molecule has 2 N–H and O–H groups in total. The highest BCUT2D eigenvalue weighted by atomic mass is 32.2. The maximum absolute atomic E-state index is 11.0. The molecule has 0 saturated carbocycles. The Kier molecular flexibility index (Phi) is 3.72. The summed E-state index contributed by atoms with van der Waals surface area (Å²) in [6.45, 7) is -0.122. The molecule has 112 valence electrons. The smallest absolute Gasteiger partial charge is 0.279 e. The fourth-order valence-electron chi connectivity index (χ4n) is 1.69. The number of carbonyl (C=O) groups is 1. The van der Waals surface area contributed by atoms with Crippen LogP contribution in [0.2, 0.25) is 0 Å². The summed E-state index contributed by atoms with van der Waals surface area (Å²) in [5, 5.41) is 27.8. The zero-order valence-corrected chi connectivity index (χ0v) is 11.8. The van der Waals surface area contributed by atoms with Crippen LogP contribution in [0.25, 0.3) is 11.0 Å². The number of para-hydroxylation sites is 1. The molecule has 1 aromatic carbocycles. The molecule has 1 unspecified atom stereocenters. The number of benzene rings is 1. The Hall–Kier alpha value is -2.92. The summed E-state index contributed by atoms with van der Waals surface area (Å²) < 4.78 is 5.24. The number of oxime groups is 1. The van der Waals surface area contributed by atoms with Gasteiger partial charge in [0.15, 0.2) is 5.71 Å². The Bertz CT molecular complexity index is 856. The lowest BCUT2D eigenvalue weighted by Gasteiger charge is -2.03. The predicted molar refractivity (Wildman–Crippen MR) is 74.8 cm³/mol. The van der Waals surface area contributed by atoms with Gasteiger partial charge in [-0.1, -0.05) is 22.5 Å². The van der Waals surface area contributed by atoms with Crippen LogP contribution >= 0.6 is 10.9 Å². The van der Waals surface area contributed by atoms with Gasteiger partial charge in [-0.15, -0.1) is 10.2 Å². The van der Waals surface area contributed by atoms with Crippen molar-refractivity contribution in [3.8, 4) is 0 Å². The minimum absolute atomic E-state index is 0.122. The van der Waals surface area contributed by atoms with E-state index in [9.17, 15) is 9.90 Å². The highest BCUT2D eigenvalue weighted by Gasteiger charge is 2.16. The molecule has 0 fully saturated rings. The lowest BCUT2D eigenvalue weighted by molar-refractivity contribution is -0.294. The maximum Gasteiger partial charge on any atom is 0.279 e. The largest absolute Gasteiger partial charge is 0.543 e. The summed E-state index contributed by atoms with van der Waals surface area (Å²) >= 11 is 0. The van der Waals surface area contributed by atoms with Gasteiger partial charge in [-0.25, -0.2) is 4.68 Å². The van der Waals surface area contributed by atoms with Gasteiger partial charge >= 0.3 is 0 Å². The highest BCUT2D eigenvalue weighted by Crippen LogP contribution is 2.10. The summed E-state index contributed by atoms with van der Waals surface area (Å²) in [6, 6.07) is 7.24. The van der Waals surface area contributed by atoms with Crippen LogP contribution in [0.4, 0.5) is 0 Å². The number of hydrogen-bond donors (Lipinski definition) is 1. The molecule has 2 heterocycles. The number of carboxylic acid groups (broad SMARTS) is 1. The van der Waals surface area contributed by atoms with Gasteiger partial charge in [0.2, 0.25) is 23.4 Å². The van der Waals surface area contributed by atoms with Gasteiger partial charge < -0.3 is 14.7 Å². The molecule has 0 aliphatic carbocycles. The van der Waals surface area contributed by atoms with E-state index >= 15 is 0 Å². The van der Waals surface area contributed by atoms with Crippen LogP contribution in [0, 0.1) is 0 Å². The van der Waals surface area contributed by atoms with E-state index in [1.54, 1.807) is 12.1 Å². The molecule has 0 bridgehead atoms. The second-order valence-corrected chi connectivity index (χ2v) is 5.15. The van der Waals surface area contributed by atoms with E-state index in [2.05, 4.69) is 24.8 Å². The van der Waals surface area contributed by atoms with Crippen molar-refractivity contribution in [2.75, 3.05) is 5.14 Å². The van der Waals surface area contributed by atoms with Crippen molar-refractivity contribution in [3.63, 3.8) is 0 Å². The third-order valence-electron chi connectivity index (χ3n) is 2.64. The van der Waals surface area contributed by atoms with Crippen molar-refractivity contribution in [1.29, 1.82) is 0 Å². The van der Waals surface area contributed by atoms with Crippen molar-refractivity contribution in [3.05, 3.63) is 35.6 Å². The molecule has 0 aliphatic rings. The molecule has 0 amide bonds. The molecule has 3 rings (SSSR count).